The van der Waals surface area contributed by atoms with Gasteiger partial charge in [0.05, 0.1) is 11.3 Å². The number of amides is 1. The molecule has 2 aromatic carbocycles. The molecule has 8 heteroatoms. The normalized spacial score (nSPS) is 14.7. The highest BCUT2D eigenvalue weighted by molar-refractivity contribution is 7.99. The van der Waals surface area contributed by atoms with Crippen molar-refractivity contribution in [1.82, 2.24) is 29.8 Å². The van der Waals surface area contributed by atoms with Crippen LogP contribution in [0.3, 0.4) is 0 Å². The van der Waals surface area contributed by atoms with Crippen molar-refractivity contribution in [2.75, 3.05) is 25.4 Å². The fraction of sp³-hybridized carbons (Fsp3) is 0.360. The van der Waals surface area contributed by atoms with Gasteiger partial charge in [-0.15, -0.1) is 5.10 Å². The van der Waals surface area contributed by atoms with Crippen LogP contribution in [0.1, 0.15) is 30.7 Å². The first-order chi connectivity index (χ1) is 16.3. The van der Waals surface area contributed by atoms with Crippen molar-refractivity contribution in [1.29, 1.82) is 0 Å². The molecule has 0 aliphatic carbocycles. The van der Waals surface area contributed by atoms with E-state index in [4.69, 9.17) is 15.1 Å². The standard InChI is InChI=1S/C25H28N6OS/c32-23(26-17-19-9-3-1-4-10-19)18-33-25-27-21-12-6-5-11-20(21)24-28-22(29-31(24)25)13-16-30-14-7-2-8-15-30/h1,3-6,9-12H,2,7-8,13-18H2,(H,26,32). The average Bonchev–Trinajstić information content (AvgIpc) is 3.31. The van der Waals surface area contributed by atoms with Crippen LogP contribution in [0.25, 0.3) is 16.6 Å². The Balaban J connectivity index is 1.32. The highest BCUT2D eigenvalue weighted by Crippen LogP contribution is 2.24. The molecule has 0 radical (unpaired) electrons. The summed E-state index contributed by atoms with van der Waals surface area (Å²) < 4.78 is 1.81. The molecule has 1 amide bonds. The fourth-order valence-electron chi connectivity index (χ4n) is 4.19. The minimum absolute atomic E-state index is 0.0302. The van der Waals surface area contributed by atoms with Crippen molar-refractivity contribution in [3.05, 3.63) is 66.0 Å². The van der Waals surface area contributed by atoms with Gasteiger partial charge in [-0.25, -0.2) is 9.97 Å². The van der Waals surface area contributed by atoms with Crippen molar-refractivity contribution in [3.8, 4) is 0 Å². The number of fused-ring (bicyclic) bond motifs is 3. The molecule has 4 aromatic rings. The Kier molecular flexibility index (Phi) is 6.83. The maximum Gasteiger partial charge on any atom is 0.230 e. The number of hydrogen-bond donors (Lipinski definition) is 1. The third kappa shape index (κ3) is 5.34. The largest absolute Gasteiger partial charge is 0.351 e. The van der Waals surface area contributed by atoms with Gasteiger partial charge in [0, 0.05) is 24.9 Å². The van der Waals surface area contributed by atoms with Crippen molar-refractivity contribution < 1.29 is 4.79 Å². The topological polar surface area (TPSA) is 75.4 Å². The lowest BCUT2D eigenvalue weighted by Crippen LogP contribution is -2.31. The number of para-hydroxylation sites is 1. The van der Waals surface area contributed by atoms with E-state index in [1.54, 1.807) is 0 Å². The number of rotatable bonds is 8. The molecule has 1 N–H and O–H groups in total. The highest BCUT2D eigenvalue weighted by atomic mass is 32.2. The van der Waals surface area contributed by atoms with E-state index in [1.165, 1.54) is 31.0 Å². The summed E-state index contributed by atoms with van der Waals surface area (Å²) in [5, 5.41) is 9.43. The molecule has 3 heterocycles. The van der Waals surface area contributed by atoms with Crippen LogP contribution < -0.4 is 5.32 Å². The highest BCUT2D eigenvalue weighted by Gasteiger charge is 2.16. The summed E-state index contributed by atoms with van der Waals surface area (Å²) in [6.45, 7) is 3.82. The fourth-order valence-corrected chi connectivity index (χ4v) is 4.97. The summed E-state index contributed by atoms with van der Waals surface area (Å²) in [7, 11) is 0. The number of carbonyl (C=O) groups excluding carboxylic acids is 1. The molecule has 170 valence electrons. The summed E-state index contributed by atoms with van der Waals surface area (Å²) >= 11 is 1.39. The quantitative estimate of drug-likeness (QED) is 0.319. The third-order valence-electron chi connectivity index (χ3n) is 5.96. The molecule has 1 fully saturated rings. The van der Waals surface area contributed by atoms with Gasteiger partial charge < -0.3 is 10.2 Å². The first-order valence-corrected chi connectivity index (χ1v) is 12.5. The smallest absolute Gasteiger partial charge is 0.230 e. The number of carbonyl (C=O) groups is 1. The van der Waals surface area contributed by atoms with Crippen LogP contribution in [-0.2, 0) is 17.8 Å². The van der Waals surface area contributed by atoms with Crippen LogP contribution in [0.2, 0.25) is 0 Å². The number of nitrogens with zero attached hydrogens (tertiary/aromatic N) is 5. The van der Waals surface area contributed by atoms with Gasteiger partial charge in [0.2, 0.25) is 5.91 Å². The summed E-state index contributed by atoms with van der Waals surface area (Å²) in [6.07, 6.45) is 4.71. The van der Waals surface area contributed by atoms with Gasteiger partial charge in [-0.2, -0.15) is 4.52 Å². The lowest BCUT2D eigenvalue weighted by molar-refractivity contribution is -0.118. The number of piperidine rings is 1. The second kappa shape index (κ2) is 10.3. The molecule has 1 saturated heterocycles. The van der Waals surface area contributed by atoms with E-state index in [1.807, 2.05) is 59.1 Å². The Morgan fingerprint density at radius 3 is 2.61 bits per heavy atom. The second-order valence-electron chi connectivity index (χ2n) is 8.38. The number of nitrogens with one attached hydrogen (secondary N) is 1. The van der Waals surface area contributed by atoms with Crippen LogP contribution in [0.15, 0.2) is 59.8 Å². The zero-order chi connectivity index (χ0) is 22.5. The monoisotopic (exact) mass is 460 g/mol. The number of thioether (sulfide) groups is 1. The predicted molar refractivity (Wildman–Crippen MR) is 131 cm³/mol. The van der Waals surface area contributed by atoms with Crippen molar-refractivity contribution in [2.45, 2.75) is 37.4 Å². The summed E-state index contributed by atoms with van der Waals surface area (Å²) in [4.78, 5) is 24.6. The van der Waals surface area contributed by atoms with Gasteiger partial charge in [0.15, 0.2) is 16.6 Å². The van der Waals surface area contributed by atoms with Crippen LogP contribution in [0.5, 0.6) is 0 Å². The molecular formula is C25H28N6OS. The minimum Gasteiger partial charge on any atom is -0.351 e. The zero-order valence-electron chi connectivity index (χ0n) is 18.6. The van der Waals surface area contributed by atoms with Gasteiger partial charge in [-0.3, -0.25) is 4.79 Å². The van der Waals surface area contributed by atoms with Gasteiger partial charge in [-0.1, -0.05) is 60.6 Å². The van der Waals surface area contributed by atoms with Crippen molar-refractivity contribution >= 4 is 34.2 Å². The number of hydrogen-bond acceptors (Lipinski definition) is 6. The molecule has 0 saturated carbocycles. The molecule has 0 bridgehead atoms. The van der Waals surface area contributed by atoms with Gasteiger partial charge in [0.1, 0.15) is 0 Å². The molecule has 0 atom stereocenters. The predicted octanol–water partition coefficient (Wildman–Crippen LogP) is 3.71. The molecule has 7 nitrogen and oxygen atoms in total. The zero-order valence-corrected chi connectivity index (χ0v) is 19.4. The van der Waals surface area contributed by atoms with Gasteiger partial charge in [0.25, 0.3) is 0 Å². The van der Waals surface area contributed by atoms with Crippen LogP contribution in [0.4, 0.5) is 0 Å². The molecule has 0 spiro atoms. The van der Waals surface area contributed by atoms with Gasteiger partial charge in [-0.05, 0) is 43.6 Å². The molecule has 0 unspecified atom stereocenters. The second-order valence-corrected chi connectivity index (χ2v) is 9.32. The first kappa shape index (κ1) is 21.9. The average molecular weight is 461 g/mol. The molecular weight excluding hydrogens is 432 g/mol. The van der Waals surface area contributed by atoms with E-state index in [0.29, 0.717) is 11.7 Å². The molecule has 1 aliphatic heterocycles. The number of likely N-dealkylation sites (tertiary alicyclic amines) is 1. The lowest BCUT2D eigenvalue weighted by Gasteiger charge is -2.25. The van der Waals surface area contributed by atoms with Crippen LogP contribution in [0, 0.1) is 0 Å². The Bertz CT molecular complexity index is 1240. The first-order valence-electron chi connectivity index (χ1n) is 11.6. The van der Waals surface area contributed by atoms with E-state index < -0.39 is 0 Å². The van der Waals surface area contributed by atoms with Crippen molar-refractivity contribution in [3.63, 3.8) is 0 Å². The van der Waals surface area contributed by atoms with Gasteiger partial charge >= 0.3 is 0 Å². The molecule has 2 aromatic heterocycles. The molecule has 1 aliphatic rings. The Morgan fingerprint density at radius 1 is 0.970 bits per heavy atom. The van der Waals surface area contributed by atoms with E-state index >= 15 is 0 Å². The summed E-state index contributed by atoms with van der Waals surface area (Å²) in [6, 6.07) is 17.9. The van der Waals surface area contributed by atoms with E-state index in [2.05, 4.69) is 10.2 Å². The van der Waals surface area contributed by atoms with Crippen molar-refractivity contribution in [2.24, 2.45) is 0 Å². The lowest BCUT2D eigenvalue weighted by atomic mass is 10.1. The summed E-state index contributed by atoms with van der Waals surface area (Å²) in [5.74, 6) is 1.07. The Hall–Kier alpha value is -2.97. The Labute approximate surface area is 197 Å². The molecule has 5 rings (SSSR count). The van der Waals surface area contributed by atoms with Crippen LogP contribution >= 0.6 is 11.8 Å². The third-order valence-corrected chi connectivity index (χ3v) is 6.89. The van der Waals surface area contributed by atoms with E-state index in [-0.39, 0.29) is 11.7 Å². The van der Waals surface area contributed by atoms with E-state index in [0.717, 1.165) is 54.0 Å². The van der Waals surface area contributed by atoms with E-state index in [9.17, 15) is 4.79 Å². The Morgan fingerprint density at radius 2 is 1.76 bits per heavy atom. The maximum atomic E-state index is 12.5. The number of benzene rings is 2. The van der Waals surface area contributed by atoms with Crippen LogP contribution in [-0.4, -0.2) is 55.8 Å². The SMILES string of the molecule is O=C(CSc1nc2ccccc2c2nc(CCN3CCCCC3)nn12)NCc1ccccc1. The minimum atomic E-state index is -0.0302. The molecule has 33 heavy (non-hydrogen) atoms. The summed E-state index contributed by atoms with van der Waals surface area (Å²) in [5.41, 5.74) is 2.75. The number of aromatic nitrogens is 4. The maximum absolute atomic E-state index is 12.5.